The SMILES string of the molecule is COC(=O)c1ccc(NS(=O)(=O)Cc2cccc(-c3ccc4c(c3)CCO4)c2)cc1. The lowest BCUT2D eigenvalue weighted by Gasteiger charge is -2.10. The minimum absolute atomic E-state index is 0.159. The molecule has 0 atom stereocenters. The number of fused-ring (bicyclic) bond motifs is 1. The molecule has 1 aliphatic rings. The van der Waals surface area contributed by atoms with E-state index in [1.807, 2.05) is 30.3 Å². The molecule has 3 aromatic rings. The molecule has 1 N–H and O–H groups in total. The summed E-state index contributed by atoms with van der Waals surface area (Å²) in [5.74, 6) is 0.285. The highest BCUT2D eigenvalue weighted by atomic mass is 32.2. The van der Waals surface area contributed by atoms with Gasteiger partial charge in [-0.15, -0.1) is 0 Å². The van der Waals surface area contributed by atoms with Crippen LogP contribution in [0, 0.1) is 0 Å². The number of hydrogen-bond donors (Lipinski definition) is 1. The Labute approximate surface area is 175 Å². The second kappa shape index (κ2) is 8.20. The number of benzene rings is 3. The number of esters is 1. The average Bonchev–Trinajstić information content (AvgIpc) is 3.21. The summed E-state index contributed by atoms with van der Waals surface area (Å²) in [6, 6.07) is 19.6. The topological polar surface area (TPSA) is 81.7 Å². The lowest BCUT2D eigenvalue weighted by Crippen LogP contribution is -2.15. The van der Waals surface area contributed by atoms with Crippen molar-refractivity contribution < 1.29 is 22.7 Å². The van der Waals surface area contributed by atoms with E-state index in [4.69, 9.17) is 4.74 Å². The van der Waals surface area contributed by atoms with E-state index in [1.54, 1.807) is 6.07 Å². The predicted octanol–water partition coefficient (Wildman–Crippen LogP) is 4.02. The van der Waals surface area contributed by atoms with Gasteiger partial charge in [0.05, 0.1) is 25.0 Å². The molecule has 6 nitrogen and oxygen atoms in total. The van der Waals surface area contributed by atoms with Crippen LogP contribution in [-0.4, -0.2) is 28.1 Å². The largest absolute Gasteiger partial charge is 0.493 e. The van der Waals surface area contributed by atoms with E-state index >= 15 is 0 Å². The first-order chi connectivity index (χ1) is 14.4. The zero-order chi connectivity index (χ0) is 21.1. The van der Waals surface area contributed by atoms with Gasteiger partial charge in [-0.2, -0.15) is 0 Å². The number of methoxy groups -OCH3 is 1. The van der Waals surface area contributed by atoms with Crippen LogP contribution < -0.4 is 9.46 Å². The molecule has 0 spiro atoms. The molecular weight excluding hydrogens is 402 g/mol. The first kappa shape index (κ1) is 20.0. The van der Waals surface area contributed by atoms with E-state index in [2.05, 4.69) is 15.5 Å². The summed E-state index contributed by atoms with van der Waals surface area (Å²) in [6.07, 6.45) is 0.885. The van der Waals surface area contributed by atoms with Gasteiger partial charge in [0.15, 0.2) is 0 Å². The van der Waals surface area contributed by atoms with Gasteiger partial charge in [0, 0.05) is 12.1 Å². The molecular formula is C23H21NO5S. The summed E-state index contributed by atoms with van der Waals surface area (Å²) in [4.78, 5) is 11.5. The molecule has 3 aromatic carbocycles. The lowest BCUT2D eigenvalue weighted by atomic mass is 10.0. The average molecular weight is 423 g/mol. The van der Waals surface area contributed by atoms with Gasteiger partial charge in [-0.25, -0.2) is 13.2 Å². The van der Waals surface area contributed by atoms with Crippen LogP contribution in [-0.2, 0) is 26.9 Å². The van der Waals surface area contributed by atoms with Crippen molar-refractivity contribution in [1.29, 1.82) is 0 Å². The molecule has 4 rings (SSSR count). The number of nitrogens with one attached hydrogen (secondary N) is 1. The molecule has 0 aromatic heterocycles. The first-order valence-corrected chi connectivity index (χ1v) is 11.1. The molecule has 0 saturated heterocycles. The van der Waals surface area contributed by atoms with E-state index in [0.29, 0.717) is 23.4 Å². The highest BCUT2D eigenvalue weighted by Gasteiger charge is 2.15. The molecule has 0 aliphatic carbocycles. The van der Waals surface area contributed by atoms with Gasteiger partial charge in [0.2, 0.25) is 10.0 Å². The summed E-state index contributed by atoms with van der Waals surface area (Å²) in [6.45, 7) is 0.698. The third-order valence-electron chi connectivity index (χ3n) is 4.89. The number of sulfonamides is 1. The quantitative estimate of drug-likeness (QED) is 0.606. The number of carbonyl (C=O) groups excluding carboxylic acids is 1. The fourth-order valence-corrected chi connectivity index (χ4v) is 4.62. The van der Waals surface area contributed by atoms with Crippen molar-refractivity contribution in [2.45, 2.75) is 12.2 Å². The summed E-state index contributed by atoms with van der Waals surface area (Å²) in [5.41, 5.74) is 4.58. The van der Waals surface area contributed by atoms with Gasteiger partial charge in [-0.3, -0.25) is 4.72 Å². The van der Waals surface area contributed by atoms with Crippen molar-refractivity contribution in [2.75, 3.05) is 18.4 Å². The number of rotatable bonds is 6. The Hall–Kier alpha value is -3.32. The van der Waals surface area contributed by atoms with Crippen LogP contribution >= 0.6 is 0 Å². The van der Waals surface area contributed by atoms with Crippen LogP contribution in [0.5, 0.6) is 5.75 Å². The maximum Gasteiger partial charge on any atom is 0.337 e. The zero-order valence-electron chi connectivity index (χ0n) is 16.4. The van der Waals surface area contributed by atoms with Gasteiger partial charge < -0.3 is 9.47 Å². The molecule has 30 heavy (non-hydrogen) atoms. The molecule has 0 bridgehead atoms. The van der Waals surface area contributed by atoms with E-state index in [-0.39, 0.29) is 5.75 Å². The Bertz CT molecular complexity index is 1190. The predicted molar refractivity (Wildman–Crippen MR) is 115 cm³/mol. The van der Waals surface area contributed by atoms with Gasteiger partial charge in [-0.1, -0.05) is 30.3 Å². The molecule has 1 aliphatic heterocycles. The minimum atomic E-state index is -3.62. The molecule has 154 valence electrons. The molecule has 0 unspecified atom stereocenters. The summed E-state index contributed by atoms with van der Waals surface area (Å²) >= 11 is 0. The smallest absolute Gasteiger partial charge is 0.337 e. The minimum Gasteiger partial charge on any atom is -0.493 e. The Balaban J connectivity index is 1.49. The van der Waals surface area contributed by atoms with Crippen molar-refractivity contribution in [2.24, 2.45) is 0 Å². The molecule has 0 radical (unpaired) electrons. The first-order valence-electron chi connectivity index (χ1n) is 9.47. The number of ether oxygens (including phenoxy) is 2. The van der Waals surface area contributed by atoms with Crippen molar-refractivity contribution >= 4 is 21.7 Å². The van der Waals surface area contributed by atoms with E-state index in [9.17, 15) is 13.2 Å². The Morgan fingerprint density at radius 3 is 2.57 bits per heavy atom. The summed E-state index contributed by atoms with van der Waals surface area (Å²) in [7, 11) is -2.33. The normalized spacial score (nSPS) is 12.7. The van der Waals surface area contributed by atoms with Crippen molar-refractivity contribution in [3.8, 4) is 16.9 Å². The van der Waals surface area contributed by atoms with E-state index in [0.717, 1.165) is 23.3 Å². The van der Waals surface area contributed by atoms with Crippen LogP contribution in [0.2, 0.25) is 0 Å². The third kappa shape index (κ3) is 4.46. The van der Waals surface area contributed by atoms with Crippen LogP contribution in [0.15, 0.2) is 66.7 Å². The second-order valence-corrected chi connectivity index (χ2v) is 8.77. The molecule has 1 heterocycles. The summed E-state index contributed by atoms with van der Waals surface area (Å²) < 4.78 is 38.0. The van der Waals surface area contributed by atoms with Crippen molar-refractivity contribution in [1.82, 2.24) is 0 Å². The fourth-order valence-electron chi connectivity index (χ4n) is 3.43. The number of anilines is 1. The van der Waals surface area contributed by atoms with Crippen LogP contribution in [0.3, 0.4) is 0 Å². The van der Waals surface area contributed by atoms with E-state index in [1.165, 1.54) is 36.9 Å². The van der Waals surface area contributed by atoms with Crippen molar-refractivity contribution in [3.05, 3.63) is 83.4 Å². The Morgan fingerprint density at radius 1 is 1.03 bits per heavy atom. The monoisotopic (exact) mass is 423 g/mol. The molecule has 0 amide bonds. The van der Waals surface area contributed by atoms with Crippen LogP contribution in [0.1, 0.15) is 21.5 Å². The van der Waals surface area contributed by atoms with Crippen molar-refractivity contribution in [3.63, 3.8) is 0 Å². The van der Waals surface area contributed by atoms with Gasteiger partial charge in [0.1, 0.15) is 5.75 Å². The summed E-state index contributed by atoms with van der Waals surface area (Å²) in [5, 5.41) is 0. The lowest BCUT2D eigenvalue weighted by molar-refractivity contribution is 0.0600. The maximum atomic E-state index is 12.6. The maximum absolute atomic E-state index is 12.6. The van der Waals surface area contributed by atoms with Gasteiger partial charge >= 0.3 is 5.97 Å². The Morgan fingerprint density at radius 2 is 1.80 bits per heavy atom. The molecule has 7 heteroatoms. The second-order valence-electron chi connectivity index (χ2n) is 7.05. The van der Waals surface area contributed by atoms with Crippen LogP contribution in [0.25, 0.3) is 11.1 Å². The number of hydrogen-bond acceptors (Lipinski definition) is 5. The molecule has 0 fully saturated rings. The zero-order valence-corrected chi connectivity index (χ0v) is 17.2. The Kier molecular flexibility index (Phi) is 5.46. The number of carbonyl (C=O) groups is 1. The fraction of sp³-hybridized carbons (Fsp3) is 0.174. The van der Waals surface area contributed by atoms with Gasteiger partial charge in [-0.05, 0) is 58.7 Å². The van der Waals surface area contributed by atoms with Gasteiger partial charge in [0.25, 0.3) is 0 Å². The van der Waals surface area contributed by atoms with E-state index < -0.39 is 16.0 Å². The highest BCUT2D eigenvalue weighted by molar-refractivity contribution is 7.91. The van der Waals surface area contributed by atoms with Crippen LogP contribution in [0.4, 0.5) is 5.69 Å². The molecule has 0 saturated carbocycles. The third-order valence-corrected chi connectivity index (χ3v) is 6.15. The standard InChI is InChI=1S/C23H21NO5S/c1-28-23(25)17-5-8-21(9-6-17)24-30(26,27)15-16-3-2-4-18(13-16)19-7-10-22-20(14-19)11-12-29-22/h2-10,13-14,24H,11-12,15H2,1H3. The highest BCUT2D eigenvalue weighted by Crippen LogP contribution is 2.31.